The highest BCUT2D eigenvalue weighted by Gasteiger charge is 2.43. The van der Waals surface area contributed by atoms with Crippen LogP contribution in [0.2, 0.25) is 0 Å². The fraction of sp³-hybridized carbons (Fsp3) is 0.333. The third-order valence-electron chi connectivity index (χ3n) is 5.73. The predicted molar refractivity (Wildman–Crippen MR) is 119 cm³/mol. The number of nitrogens with one attached hydrogen (secondary N) is 1. The molecule has 1 aliphatic heterocycles. The van der Waals surface area contributed by atoms with Crippen LogP contribution in [0.25, 0.3) is 11.0 Å². The van der Waals surface area contributed by atoms with Gasteiger partial charge in [0.15, 0.2) is 16.9 Å². The van der Waals surface area contributed by atoms with Crippen molar-refractivity contribution in [2.24, 2.45) is 0 Å². The molecule has 0 unspecified atom stereocenters. The maximum absolute atomic E-state index is 13.5. The lowest BCUT2D eigenvalue weighted by molar-refractivity contribution is -0.857. The molecule has 1 aliphatic rings. The Labute approximate surface area is 185 Å². The fourth-order valence-corrected chi connectivity index (χ4v) is 4.15. The van der Waals surface area contributed by atoms with Gasteiger partial charge in [0.1, 0.15) is 5.58 Å². The van der Waals surface area contributed by atoms with E-state index in [0.717, 1.165) is 0 Å². The molecule has 1 atom stereocenters. The first kappa shape index (κ1) is 21.7. The van der Waals surface area contributed by atoms with Crippen LogP contribution in [-0.4, -0.2) is 59.3 Å². The summed E-state index contributed by atoms with van der Waals surface area (Å²) in [5.74, 6) is 1.12. The number of carbonyl (C=O) groups excluding carboxylic acids is 1. The fourth-order valence-electron chi connectivity index (χ4n) is 4.15. The third-order valence-corrected chi connectivity index (χ3v) is 5.73. The van der Waals surface area contributed by atoms with Gasteiger partial charge in [-0.3, -0.25) is 9.59 Å². The molecule has 32 heavy (non-hydrogen) atoms. The van der Waals surface area contributed by atoms with Crippen molar-refractivity contribution in [2.75, 3.05) is 48.5 Å². The standard InChI is InChI=1S/C24H26N2O6/c1-25(2)10-11-26-20(14-12-17(29-3)22(31-5)18(13-14)30-4)19-21(27)15-8-6-7-9-16(15)32-23(19)24(26)28/h6-9,12-13,20H,10-11H2,1-5H3/p+1/t20-/m1/s1. The number of amides is 1. The molecule has 0 fully saturated rings. The first-order chi connectivity index (χ1) is 15.4. The first-order valence-corrected chi connectivity index (χ1v) is 10.4. The summed E-state index contributed by atoms with van der Waals surface area (Å²) < 4.78 is 22.4. The van der Waals surface area contributed by atoms with Crippen LogP contribution in [0.1, 0.15) is 27.7 Å². The topological polar surface area (TPSA) is 82.7 Å². The minimum atomic E-state index is -0.633. The number of methoxy groups -OCH3 is 3. The summed E-state index contributed by atoms with van der Waals surface area (Å²) in [7, 11) is 8.62. The van der Waals surface area contributed by atoms with E-state index in [-0.39, 0.29) is 17.1 Å². The summed E-state index contributed by atoms with van der Waals surface area (Å²) >= 11 is 0. The Morgan fingerprint density at radius 1 is 1.00 bits per heavy atom. The Morgan fingerprint density at radius 2 is 1.66 bits per heavy atom. The van der Waals surface area contributed by atoms with E-state index in [2.05, 4.69) is 0 Å². The molecular weight excluding hydrogens is 412 g/mol. The second kappa shape index (κ2) is 8.55. The highest BCUT2D eigenvalue weighted by Crippen LogP contribution is 2.44. The molecule has 8 heteroatoms. The van der Waals surface area contributed by atoms with Gasteiger partial charge in [-0.1, -0.05) is 12.1 Å². The molecule has 8 nitrogen and oxygen atoms in total. The summed E-state index contributed by atoms with van der Waals surface area (Å²) in [5, 5.41) is 0.441. The molecule has 1 amide bonds. The van der Waals surface area contributed by atoms with Crippen LogP contribution >= 0.6 is 0 Å². The summed E-state index contributed by atoms with van der Waals surface area (Å²) in [6, 6.07) is 9.89. The number of fused-ring (bicyclic) bond motifs is 2. The van der Waals surface area contributed by atoms with Crippen molar-refractivity contribution in [1.29, 1.82) is 0 Å². The molecule has 1 N–H and O–H groups in total. The minimum Gasteiger partial charge on any atom is -0.493 e. The molecule has 0 bridgehead atoms. The number of ether oxygens (including phenoxy) is 3. The van der Waals surface area contributed by atoms with Crippen LogP contribution in [0, 0.1) is 0 Å². The van der Waals surface area contributed by atoms with E-state index in [4.69, 9.17) is 18.6 Å². The van der Waals surface area contributed by atoms with Crippen LogP contribution in [-0.2, 0) is 0 Å². The molecule has 0 radical (unpaired) electrons. The van der Waals surface area contributed by atoms with Gasteiger partial charge in [0.2, 0.25) is 11.5 Å². The van der Waals surface area contributed by atoms with Crippen molar-refractivity contribution < 1.29 is 28.3 Å². The van der Waals surface area contributed by atoms with Crippen molar-refractivity contribution in [3.05, 3.63) is 63.5 Å². The lowest BCUT2D eigenvalue weighted by Crippen LogP contribution is -3.06. The minimum absolute atomic E-state index is 0.0845. The molecule has 0 saturated carbocycles. The average Bonchev–Trinajstić information content (AvgIpc) is 3.08. The van der Waals surface area contributed by atoms with Gasteiger partial charge in [-0.15, -0.1) is 0 Å². The Morgan fingerprint density at radius 3 is 2.25 bits per heavy atom. The van der Waals surface area contributed by atoms with Gasteiger partial charge in [-0.2, -0.15) is 0 Å². The van der Waals surface area contributed by atoms with Crippen LogP contribution < -0.4 is 24.5 Å². The number of nitrogens with zero attached hydrogens (tertiary/aromatic N) is 1. The van der Waals surface area contributed by atoms with Crippen LogP contribution in [0.5, 0.6) is 17.2 Å². The molecule has 3 aromatic rings. The Kier molecular flexibility index (Phi) is 5.80. The Balaban J connectivity index is 1.98. The van der Waals surface area contributed by atoms with E-state index in [1.54, 1.807) is 41.3 Å². The quantitative estimate of drug-likeness (QED) is 0.601. The van der Waals surface area contributed by atoms with Gasteiger partial charge in [0, 0.05) is 0 Å². The van der Waals surface area contributed by atoms with Crippen LogP contribution in [0.3, 0.4) is 0 Å². The number of para-hydroxylation sites is 1. The molecule has 2 heterocycles. The van der Waals surface area contributed by atoms with Gasteiger partial charge in [-0.05, 0) is 29.8 Å². The zero-order valence-electron chi connectivity index (χ0n) is 18.9. The van der Waals surface area contributed by atoms with Gasteiger partial charge in [0.25, 0.3) is 5.91 Å². The van der Waals surface area contributed by atoms with Crippen molar-refractivity contribution in [2.45, 2.75) is 6.04 Å². The normalized spacial score (nSPS) is 15.4. The zero-order chi connectivity index (χ0) is 23.0. The number of hydrogen-bond donors (Lipinski definition) is 1. The lowest BCUT2D eigenvalue weighted by atomic mass is 9.97. The maximum Gasteiger partial charge on any atom is 0.291 e. The molecule has 4 rings (SSSR count). The maximum atomic E-state index is 13.5. The molecule has 0 spiro atoms. The zero-order valence-corrected chi connectivity index (χ0v) is 18.9. The monoisotopic (exact) mass is 439 g/mol. The Bertz CT molecular complexity index is 1210. The molecular formula is C24H27N2O6+. The molecule has 168 valence electrons. The van der Waals surface area contributed by atoms with E-state index in [0.29, 0.717) is 52.4 Å². The predicted octanol–water partition coefficient (Wildman–Crippen LogP) is 1.51. The van der Waals surface area contributed by atoms with Gasteiger partial charge in [-0.25, -0.2) is 0 Å². The smallest absolute Gasteiger partial charge is 0.291 e. The summed E-state index contributed by atoms with van der Waals surface area (Å²) in [6.45, 7) is 1.15. The van der Waals surface area contributed by atoms with Gasteiger partial charge < -0.3 is 28.4 Å². The van der Waals surface area contributed by atoms with Crippen LogP contribution in [0.4, 0.5) is 0 Å². The van der Waals surface area contributed by atoms with Crippen molar-refractivity contribution in [3.8, 4) is 17.2 Å². The van der Waals surface area contributed by atoms with Gasteiger partial charge in [0.05, 0.1) is 65.5 Å². The van der Waals surface area contributed by atoms with E-state index < -0.39 is 6.04 Å². The number of quaternary nitrogens is 1. The number of carbonyl (C=O) groups is 1. The van der Waals surface area contributed by atoms with E-state index in [1.807, 2.05) is 14.1 Å². The van der Waals surface area contributed by atoms with Crippen LogP contribution in [0.15, 0.2) is 45.6 Å². The highest BCUT2D eigenvalue weighted by molar-refractivity contribution is 5.99. The first-order valence-electron chi connectivity index (χ1n) is 10.4. The van der Waals surface area contributed by atoms with Crippen molar-refractivity contribution in [3.63, 3.8) is 0 Å². The largest absolute Gasteiger partial charge is 0.493 e. The number of likely N-dealkylation sites (N-methyl/N-ethyl adjacent to an activating group) is 1. The Hall–Kier alpha value is -3.52. The number of rotatable bonds is 7. The molecule has 0 saturated heterocycles. The lowest BCUT2D eigenvalue weighted by Gasteiger charge is -2.26. The van der Waals surface area contributed by atoms with Gasteiger partial charge >= 0.3 is 0 Å². The highest BCUT2D eigenvalue weighted by atomic mass is 16.5. The number of benzene rings is 2. The SMILES string of the molecule is COc1cc([C@@H]2c3c(oc4ccccc4c3=O)C(=O)N2CC[NH+](C)C)cc(OC)c1OC. The average molecular weight is 439 g/mol. The van der Waals surface area contributed by atoms with E-state index in [1.165, 1.54) is 26.2 Å². The molecule has 0 aliphatic carbocycles. The molecule has 2 aromatic carbocycles. The van der Waals surface area contributed by atoms with E-state index >= 15 is 0 Å². The summed E-state index contributed by atoms with van der Waals surface area (Å²) in [5.41, 5.74) is 1.20. The second-order valence-corrected chi connectivity index (χ2v) is 7.99. The van der Waals surface area contributed by atoms with Crippen molar-refractivity contribution in [1.82, 2.24) is 4.90 Å². The summed E-state index contributed by atoms with van der Waals surface area (Å²) in [6.07, 6.45) is 0. The van der Waals surface area contributed by atoms with Crippen molar-refractivity contribution >= 4 is 16.9 Å². The summed E-state index contributed by atoms with van der Waals surface area (Å²) in [4.78, 5) is 29.8. The molecule has 1 aromatic heterocycles. The van der Waals surface area contributed by atoms with E-state index in [9.17, 15) is 9.59 Å². The third kappa shape index (κ3) is 3.46. The second-order valence-electron chi connectivity index (χ2n) is 7.99. The number of hydrogen-bond acceptors (Lipinski definition) is 6.